The Morgan fingerprint density at radius 1 is 1.18 bits per heavy atom. The molecule has 4 unspecified atom stereocenters. The van der Waals surface area contributed by atoms with E-state index in [0.717, 1.165) is 24.2 Å². The van der Waals surface area contributed by atoms with Crippen molar-refractivity contribution >= 4 is 17.9 Å². The summed E-state index contributed by atoms with van der Waals surface area (Å²) in [4.78, 5) is 30.8. The van der Waals surface area contributed by atoms with Crippen molar-refractivity contribution in [3.63, 3.8) is 0 Å². The van der Waals surface area contributed by atoms with Gasteiger partial charge in [0.1, 0.15) is 0 Å². The lowest BCUT2D eigenvalue weighted by Crippen LogP contribution is -2.36. The monoisotopic (exact) mass is 390 g/mol. The lowest BCUT2D eigenvalue weighted by Gasteiger charge is -2.45. The van der Waals surface area contributed by atoms with Gasteiger partial charge in [-0.15, -0.1) is 0 Å². The van der Waals surface area contributed by atoms with E-state index >= 15 is 0 Å². The van der Waals surface area contributed by atoms with Crippen LogP contribution in [0.4, 0.5) is 0 Å². The third-order valence-electron chi connectivity index (χ3n) is 6.12. The van der Waals surface area contributed by atoms with Crippen LogP contribution in [-0.2, 0) is 19.1 Å². The minimum Gasteiger partial charge on any atom is -0.481 e. The first-order valence-corrected chi connectivity index (χ1v) is 9.98. The molecule has 0 bridgehead atoms. The number of fused-ring (bicyclic) bond motifs is 1. The number of cyclic esters (lactones) is 1. The van der Waals surface area contributed by atoms with Crippen molar-refractivity contribution in [2.24, 2.45) is 23.7 Å². The first-order chi connectivity index (χ1) is 13.3. The van der Waals surface area contributed by atoms with Crippen molar-refractivity contribution in [1.82, 2.24) is 0 Å². The standard InChI is InChI=1S/C18H24O2.C4H6O4/c1-12-4-3-5-17-15(12)8-6-13(2)16(17)9-7-14-10-11-20-18(14)19;5-3(6)1-2-4(7)8/h7,10-12,15-17H,2-6,8-9H2,1H3;1-2H2,(H,5,6)(H,7,8)/b14-7+;. The number of rotatable bonds is 5. The first-order valence-electron chi connectivity index (χ1n) is 9.98. The lowest BCUT2D eigenvalue weighted by atomic mass is 9.60. The highest BCUT2D eigenvalue weighted by atomic mass is 16.5. The minimum atomic E-state index is -1.08. The van der Waals surface area contributed by atoms with E-state index in [9.17, 15) is 14.4 Å². The van der Waals surface area contributed by atoms with Crippen LogP contribution in [0.1, 0.15) is 58.3 Å². The maximum Gasteiger partial charge on any atom is 0.342 e. The third kappa shape index (κ3) is 6.08. The summed E-state index contributed by atoms with van der Waals surface area (Å²) >= 11 is 0. The molecule has 3 aliphatic rings. The third-order valence-corrected chi connectivity index (χ3v) is 6.12. The van der Waals surface area contributed by atoms with Crippen LogP contribution in [0.25, 0.3) is 0 Å². The SMILES string of the molecule is C=C1CCC2C(C)CCCC2C1C/C=C1\C=COC1=O.O=C(O)CCC(=O)O. The second kappa shape index (κ2) is 10.2. The quantitative estimate of drug-likeness (QED) is 0.412. The molecule has 28 heavy (non-hydrogen) atoms. The summed E-state index contributed by atoms with van der Waals surface area (Å²) in [6.45, 7) is 6.73. The van der Waals surface area contributed by atoms with E-state index in [0.29, 0.717) is 11.5 Å². The van der Waals surface area contributed by atoms with Crippen molar-refractivity contribution < 1.29 is 29.3 Å². The highest BCUT2D eigenvalue weighted by molar-refractivity contribution is 5.94. The van der Waals surface area contributed by atoms with Gasteiger partial charge in [-0.2, -0.15) is 0 Å². The number of carboxylic acid groups (broad SMARTS) is 2. The van der Waals surface area contributed by atoms with Crippen LogP contribution < -0.4 is 0 Å². The molecule has 4 atom stereocenters. The zero-order valence-corrected chi connectivity index (χ0v) is 16.4. The highest BCUT2D eigenvalue weighted by Gasteiger charge is 2.39. The molecule has 2 N–H and O–H groups in total. The van der Waals surface area contributed by atoms with Crippen LogP contribution in [0.2, 0.25) is 0 Å². The fourth-order valence-corrected chi connectivity index (χ4v) is 4.63. The van der Waals surface area contributed by atoms with Gasteiger partial charge in [-0.05, 0) is 55.4 Å². The van der Waals surface area contributed by atoms with Gasteiger partial charge in [0, 0.05) is 0 Å². The number of allylic oxidation sites excluding steroid dienone is 2. The van der Waals surface area contributed by atoms with Gasteiger partial charge < -0.3 is 14.9 Å². The second-order valence-electron chi connectivity index (χ2n) is 7.93. The minimum absolute atomic E-state index is 0.208. The number of carbonyl (C=O) groups excluding carboxylic acids is 1. The van der Waals surface area contributed by atoms with Gasteiger partial charge in [0.05, 0.1) is 24.7 Å². The molecular formula is C22H30O6. The Hall–Kier alpha value is -2.37. The molecule has 6 heteroatoms. The fourth-order valence-electron chi connectivity index (χ4n) is 4.63. The molecule has 0 amide bonds. The smallest absolute Gasteiger partial charge is 0.342 e. The Morgan fingerprint density at radius 3 is 2.43 bits per heavy atom. The molecule has 154 valence electrons. The predicted molar refractivity (Wildman–Crippen MR) is 104 cm³/mol. The zero-order valence-electron chi connectivity index (χ0n) is 16.4. The van der Waals surface area contributed by atoms with Gasteiger partial charge in [-0.1, -0.05) is 38.0 Å². The fraction of sp³-hybridized carbons (Fsp3) is 0.591. The number of aliphatic carboxylic acids is 2. The van der Waals surface area contributed by atoms with E-state index < -0.39 is 11.9 Å². The van der Waals surface area contributed by atoms with Crippen molar-refractivity contribution in [1.29, 1.82) is 0 Å². The molecule has 3 rings (SSSR count). The summed E-state index contributed by atoms with van der Waals surface area (Å²) in [7, 11) is 0. The van der Waals surface area contributed by atoms with Gasteiger partial charge in [-0.3, -0.25) is 9.59 Å². The van der Waals surface area contributed by atoms with E-state index in [1.807, 2.05) is 0 Å². The van der Waals surface area contributed by atoms with Crippen LogP contribution in [0.5, 0.6) is 0 Å². The number of carboxylic acids is 2. The molecule has 6 nitrogen and oxygen atoms in total. The molecule has 1 aliphatic heterocycles. The molecule has 0 aromatic carbocycles. The average molecular weight is 390 g/mol. The Bertz CT molecular complexity index is 661. The van der Waals surface area contributed by atoms with Crippen LogP contribution in [0.15, 0.2) is 36.1 Å². The maximum absolute atomic E-state index is 11.5. The van der Waals surface area contributed by atoms with E-state index in [2.05, 4.69) is 19.6 Å². The second-order valence-corrected chi connectivity index (χ2v) is 7.93. The molecule has 0 radical (unpaired) electrons. The van der Waals surface area contributed by atoms with Gasteiger partial charge >= 0.3 is 17.9 Å². The van der Waals surface area contributed by atoms with Gasteiger partial charge in [0.15, 0.2) is 0 Å². The molecule has 2 aliphatic carbocycles. The van der Waals surface area contributed by atoms with Gasteiger partial charge in [0.2, 0.25) is 0 Å². The Morgan fingerprint density at radius 2 is 1.86 bits per heavy atom. The lowest BCUT2D eigenvalue weighted by molar-refractivity contribution is -0.143. The first kappa shape index (κ1) is 21.9. The summed E-state index contributed by atoms with van der Waals surface area (Å²) in [6.07, 6.45) is 12.2. The van der Waals surface area contributed by atoms with Crippen LogP contribution in [0, 0.1) is 23.7 Å². The van der Waals surface area contributed by atoms with Crippen LogP contribution in [0.3, 0.4) is 0 Å². The number of carbonyl (C=O) groups is 3. The Labute approximate surface area is 166 Å². The van der Waals surface area contributed by atoms with Gasteiger partial charge in [-0.25, -0.2) is 4.79 Å². The number of hydrogen-bond donors (Lipinski definition) is 2. The van der Waals surface area contributed by atoms with Crippen molar-refractivity contribution in [2.45, 2.75) is 58.3 Å². The largest absolute Gasteiger partial charge is 0.481 e. The van der Waals surface area contributed by atoms with E-state index in [-0.39, 0.29) is 18.8 Å². The molecular weight excluding hydrogens is 360 g/mol. The summed E-state index contributed by atoms with van der Waals surface area (Å²) in [5, 5.41) is 15.8. The Kier molecular flexibility index (Phi) is 8.03. The zero-order chi connectivity index (χ0) is 20.7. The van der Waals surface area contributed by atoms with E-state index in [1.165, 1.54) is 43.9 Å². The molecule has 0 aromatic rings. The predicted octanol–water partition coefficient (Wildman–Crippen LogP) is 4.33. The molecule has 0 aromatic heterocycles. The van der Waals surface area contributed by atoms with Gasteiger partial charge in [0.25, 0.3) is 0 Å². The van der Waals surface area contributed by atoms with E-state index in [4.69, 9.17) is 14.9 Å². The molecule has 0 spiro atoms. The van der Waals surface area contributed by atoms with Crippen molar-refractivity contribution in [3.8, 4) is 0 Å². The molecule has 0 saturated heterocycles. The molecule has 2 saturated carbocycles. The highest BCUT2D eigenvalue weighted by Crippen LogP contribution is 2.49. The summed E-state index contributed by atoms with van der Waals surface area (Å²) in [6, 6.07) is 0. The Balaban J connectivity index is 0.000000300. The molecule has 2 fully saturated rings. The van der Waals surface area contributed by atoms with E-state index in [1.54, 1.807) is 6.08 Å². The number of esters is 1. The average Bonchev–Trinajstić information content (AvgIpc) is 3.05. The molecule has 1 heterocycles. The normalized spacial score (nSPS) is 30.2. The number of ether oxygens (including phenoxy) is 1. The van der Waals surface area contributed by atoms with Crippen LogP contribution >= 0.6 is 0 Å². The number of hydrogen-bond acceptors (Lipinski definition) is 4. The van der Waals surface area contributed by atoms with Crippen molar-refractivity contribution in [3.05, 3.63) is 36.1 Å². The van der Waals surface area contributed by atoms with Crippen molar-refractivity contribution in [2.75, 3.05) is 0 Å². The van der Waals surface area contributed by atoms with Crippen LogP contribution in [-0.4, -0.2) is 28.1 Å². The maximum atomic E-state index is 11.5. The summed E-state index contributed by atoms with van der Waals surface area (Å²) < 4.78 is 4.85. The summed E-state index contributed by atoms with van der Waals surface area (Å²) in [5.74, 6) is 0.695. The summed E-state index contributed by atoms with van der Waals surface area (Å²) in [5.41, 5.74) is 2.11. The topological polar surface area (TPSA) is 101 Å².